The lowest BCUT2D eigenvalue weighted by Crippen LogP contribution is -2.32. The number of carbonyl (C=O) groups is 1. The Balaban J connectivity index is 1.77. The highest BCUT2D eigenvalue weighted by molar-refractivity contribution is 6.31. The van der Waals surface area contributed by atoms with Crippen LogP contribution in [-0.4, -0.2) is 12.0 Å². The van der Waals surface area contributed by atoms with E-state index < -0.39 is 6.10 Å². The first-order valence-electron chi connectivity index (χ1n) is 9.53. The average Bonchev–Trinajstić information content (AvgIpc) is 2.71. The summed E-state index contributed by atoms with van der Waals surface area (Å²) in [5.74, 6) is 1.59. The zero-order valence-corrected chi connectivity index (χ0v) is 17.5. The molecule has 0 aliphatic rings. The first-order valence-corrected chi connectivity index (χ1v) is 9.91. The molecule has 0 bridgehead atoms. The molecule has 1 atom stereocenters. The summed E-state index contributed by atoms with van der Waals surface area (Å²) in [5.41, 5.74) is 2.79. The summed E-state index contributed by atoms with van der Waals surface area (Å²) in [4.78, 5) is 12.9. The fourth-order valence-corrected chi connectivity index (χ4v) is 2.96. The van der Waals surface area contributed by atoms with E-state index in [-0.39, 0.29) is 5.91 Å². The molecule has 4 nitrogen and oxygen atoms in total. The summed E-state index contributed by atoms with van der Waals surface area (Å²) < 4.78 is 11.8. The summed E-state index contributed by atoms with van der Waals surface area (Å²) in [5, 5.41) is 3.40. The summed E-state index contributed by atoms with van der Waals surface area (Å²) >= 11 is 6.14. The number of rotatable bonds is 7. The topological polar surface area (TPSA) is 47.6 Å². The fraction of sp³-hybridized carbons (Fsp3) is 0.208. The van der Waals surface area contributed by atoms with Crippen molar-refractivity contribution in [2.75, 3.05) is 5.32 Å². The van der Waals surface area contributed by atoms with Crippen LogP contribution in [0.4, 0.5) is 5.69 Å². The number of para-hydroxylation sites is 1. The number of aryl methyl sites for hydroxylation is 2. The van der Waals surface area contributed by atoms with Gasteiger partial charge in [-0.15, -0.1) is 0 Å². The molecule has 3 aromatic rings. The molecule has 29 heavy (non-hydrogen) atoms. The van der Waals surface area contributed by atoms with Crippen LogP contribution in [0.1, 0.15) is 24.5 Å². The third kappa shape index (κ3) is 5.52. The van der Waals surface area contributed by atoms with Crippen LogP contribution < -0.4 is 14.8 Å². The minimum absolute atomic E-state index is 0.258. The quantitative estimate of drug-likeness (QED) is 0.481. The first kappa shape index (κ1) is 20.7. The molecule has 3 rings (SSSR count). The summed E-state index contributed by atoms with van der Waals surface area (Å²) in [6.07, 6.45) is -0.116. The van der Waals surface area contributed by atoms with Crippen molar-refractivity contribution in [3.63, 3.8) is 0 Å². The van der Waals surface area contributed by atoms with Crippen molar-refractivity contribution in [2.24, 2.45) is 0 Å². The fourth-order valence-electron chi connectivity index (χ4n) is 2.79. The van der Waals surface area contributed by atoms with Crippen molar-refractivity contribution >= 4 is 23.2 Å². The molecule has 0 spiro atoms. The van der Waals surface area contributed by atoms with E-state index in [1.807, 2.05) is 69.3 Å². The Bertz CT molecular complexity index is 989. The van der Waals surface area contributed by atoms with Crippen LogP contribution in [-0.2, 0) is 4.79 Å². The zero-order chi connectivity index (χ0) is 20.8. The molecule has 0 aliphatic heterocycles. The van der Waals surface area contributed by atoms with Crippen LogP contribution in [0.3, 0.4) is 0 Å². The van der Waals surface area contributed by atoms with Gasteiger partial charge in [0.25, 0.3) is 5.91 Å². The maximum Gasteiger partial charge on any atom is 0.265 e. The molecule has 0 fully saturated rings. The van der Waals surface area contributed by atoms with E-state index in [0.717, 1.165) is 5.56 Å². The molecule has 5 heteroatoms. The van der Waals surface area contributed by atoms with E-state index in [1.165, 1.54) is 5.56 Å². The van der Waals surface area contributed by atoms with Gasteiger partial charge in [0.2, 0.25) is 0 Å². The van der Waals surface area contributed by atoms with Gasteiger partial charge in [0.15, 0.2) is 11.9 Å². The molecular weight excluding hydrogens is 386 g/mol. The highest BCUT2D eigenvalue weighted by Gasteiger charge is 2.20. The van der Waals surface area contributed by atoms with Gasteiger partial charge in [-0.3, -0.25) is 4.79 Å². The van der Waals surface area contributed by atoms with E-state index >= 15 is 0 Å². The largest absolute Gasteiger partial charge is 0.481 e. The van der Waals surface area contributed by atoms with Gasteiger partial charge in [-0.05, 0) is 73.9 Å². The number of hydrogen-bond acceptors (Lipinski definition) is 3. The molecule has 0 aromatic heterocycles. The van der Waals surface area contributed by atoms with Gasteiger partial charge in [-0.1, -0.05) is 42.8 Å². The van der Waals surface area contributed by atoms with Crippen LogP contribution in [0.25, 0.3) is 0 Å². The number of benzene rings is 3. The number of anilines is 1. The SMILES string of the molecule is CC[C@H](Oc1ccc(C)c(C)c1)C(=O)Nc1cc(Cl)ccc1Oc1ccccc1. The van der Waals surface area contributed by atoms with Crippen molar-refractivity contribution in [3.05, 3.63) is 82.9 Å². The molecule has 0 saturated heterocycles. The van der Waals surface area contributed by atoms with Gasteiger partial charge in [0, 0.05) is 5.02 Å². The standard InChI is InChI=1S/C24H24ClNO3/c1-4-22(29-20-12-10-16(2)17(3)14-20)24(27)26-21-15-18(25)11-13-23(21)28-19-8-6-5-7-9-19/h5-15,22H,4H2,1-3H3,(H,26,27)/t22-/m0/s1. The summed E-state index contributed by atoms with van der Waals surface area (Å²) in [6, 6.07) is 20.3. The number of nitrogens with one attached hydrogen (secondary N) is 1. The van der Waals surface area contributed by atoms with Crippen molar-refractivity contribution in [1.82, 2.24) is 0 Å². The van der Waals surface area contributed by atoms with Gasteiger partial charge in [-0.25, -0.2) is 0 Å². The molecule has 0 radical (unpaired) electrons. The predicted molar refractivity (Wildman–Crippen MR) is 117 cm³/mol. The minimum Gasteiger partial charge on any atom is -0.481 e. The second-order valence-corrected chi connectivity index (χ2v) is 7.24. The molecule has 0 aliphatic carbocycles. The zero-order valence-electron chi connectivity index (χ0n) is 16.7. The second-order valence-electron chi connectivity index (χ2n) is 6.81. The molecule has 0 unspecified atom stereocenters. The smallest absolute Gasteiger partial charge is 0.265 e. The number of carbonyl (C=O) groups excluding carboxylic acids is 1. The lowest BCUT2D eigenvalue weighted by molar-refractivity contribution is -0.122. The third-order valence-electron chi connectivity index (χ3n) is 4.59. The number of ether oxygens (including phenoxy) is 2. The van der Waals surface area contributed by atoms with Crippen LogP contribution in [0.2, 0.25) is 5.02 Å². The van der Waals surface area contributed by atoms with Crippen molar-refractivity contribution in [2.45, 2.75) is 33.3 Å². The van der Waals surface area contributed by atoms with E-state index in [1.54, 1.807) is 18.2 Å². The van der Waals surface area contributed by atoms with Crippen LogP contribution >= 0.6 is 11.6 Å². The normalized spacial score (nSPS) is 11.6. The summed E-state index contributed by atoms with van der Waals surface area (Å²) in [6.45, 7) is 5.96. The van der Waals surface area contributed by atoms with Gasteiger partial charge < -0.3 is 14.8 Å². The Morgan fingerprint density at radius 2 is 1.72 bits per heavy atom. The van der Waals surface area contributed by atoms with E-state index in [9.17, 15) is 4.79 Å². The monoisotopic (exact) mass is 409 g/mol. The Labute approximate surface area is 176 Å². The molecule has 150 valence electrons. The third-order valence-corrected chi connectivity index (χ3v) is 4.83. The highest BCUT2D eigenvalue weighted by atomic mass is 35.5. The average molecular weight is 410 g/mol. The van der Waals surface area contributed by atoms with Gasteiger partial charge in [0.05, 0.1) is 5.69 Å². The maximum atomic E-state index is 12.9. The molecular formula is C24H24ClNO3. The highest BCUT2D eigenvalue weighted by Crippen LogP contribution is 2.32. The number of amides is 1. The van der Waals surface area contributed by atoms with E-state index in [2.05, 4.69) is 5.32 Å². The molecule has 1 amide bonds. The van der Waals surface area contributed by atoms with Gasteiger partial charge in [0.1, 0.15) is 11.5 Å². The Hall–Kier alpha value is -2.98. The van der Waals surface area contributed by atoms with Crippen LogP contribution in [0.5, 0.6) is 17.2 Å². The Morgan fingerprint density at radius 3 is 2.41 bits per heavy atom. The lowest BCUT2D eigenvalue weighted by atomic mass is 10.1. The lowest BCUT2D eigenvalue weighted by Gasteiger charge is -2.19. The van der Waals surface area contributed by atoms with E-state index in [0.29, 0.717) is 34.4 Å². The maximum absolute atomic E-state index is 12.9. The molecule has 1 N–H and O–H groups in total. The predicted octanol–water partition coefficient (Wildman–Crippen LogP) is 6.55. The minimum atomic E-state index is -0.638. The first-order chi connectivity index (χ1) is 14.0. The Kier molecular flexibility index (Phi) is 6.78. The Morgan fingerprint density at radius 1 is 0.966 bits per heavy atom. The van der Waals surface area contributed by atoms with Crippen molar-refractivity contribution < 1.29 is 14.3 Å². The molecule has 0 heterocycles. The van der Waals surface area contributed by atoms with E-state index in [4.69, 9.17) is 21.1 Å². The number of hydrogen-bond donors (Lipinski definition) is 1. The van der Waals surface area contributed by atoms with Crippen LogP contribution in [0.15, 0.2) is 66.7 Å². The number of halogens is 1. The molecule has 3 aromatic carbocycles. The van der Waals surface area contributed by atoms with Gasteiger partial charge >= 0.3 is 0 Å². The van der Waals surface area contributed by atoms with Crippen molar-refractivity contribution in [3.8, 4) is 17.2 Å². The summed E-state index contributed by atoms with van der Waals surface area (Å²) in [7, 11) is 0. The molecule has 0 saturated carbocycles. The van der Waals surface area contributed by atoms with Crippen molar-refractivity contribution in [1.29, 1.82) is 0 Å². The second kappa shape index (κ2) is 9.48. The van der Waals surface area contributed by atoms with Gasteiger partial charge in [-0.2, -0.15) is 0 Å². The van der Waals surface area contributed by atoms with Crippen LogP contribution in [0, 0.1) is 13.8 Å².